The number of aryl methyl sites for hydroxylation is 1. The number of halogens is 2. The lowest BCUT2D eigenvalue weighted by Crippen LogP contribution is -2.36. The predicted molar refractivity (Wildman–Crippen MR) is 152 cm³/mol. The molecule has 4 rings (SSSR count). The molecule has 0 spiro atoms. The van der Waals surface area contributed by atoms with Gasteiger partial charge in [0, 0.05) is 17.8 Å². The second-order valence-electron chi connectivity index (χ2n) is 8.21. The summed E-state index contributed by atoms with van der Waals surface area (Å²) in [6, 6.07) is 16.7. The lowest BCUT2D eigenvalue weighted by Gasteiger charge is -2.13. The quantitative estimate of drug-likeness (QED) is 0.163. The Kier molecular flexibility index (Phi) is 8.65. The fraction of sp³-hybridized carbons (Fsp3) is 0.115. The molecule has 3 aromatic rings. The zero-order valence-corrected chi connectivity index (χ0v) is 23.8. The monoisotopic (exact) mass is 659 g/mol. The molecule has 1 heterocycles. The van der Waals surface area contributed by atoms with E-state index >= 15 is 0 Å². The average molecular weight is 661 g/mol. The molecule has 0 unspecified atom stereocenters. The van der Waals surface area contributed by atoms with E-state index in [9.17, 15) is 24.5 Å². The molecule has 1 N–H and O–H groups in total. The van der Waals surface area contributed by atoms with Crippen LogP contribution in [-0.4, -0.2) is 33.4 Å². The lowest BCUT2D eigenvalue weighted by molar-refractivity contribution is -0.384. The third-order valence-corrected chi connectivity index (χ3v) is 7.44. The topological polar surface area (TPSA) is 119 Å². The molecule has 1 aliphatic rings. The van der Waals surface area contributed by atoms with Crippen LogP contribution in [0.4, 0.5) is 16.2 Å². The Hall–Kier alpha value is -3.48. The number of non-ortho nitro benzene ring substituents is 1. The molecule has 0 saturated carbocycles. The zero-order chi connectivity index (χ0) is 27.4. The van der Waals surface area contributed by atoms with Gasteiger partial charge in [-0.3, -0.25) is 29.4 Å². The molecular weight excluding hydrogens is 642 g/mol. The van der Waals surface area contributed by atoms with Gasteiger partial charge >= 0.3 is 0 Å². The van der Waals surface area contributed by atoms with Crippen LogP contribution in [0.25, 0.3) is 6.08 Å². The number of rotatable bonds is 8. The van der Waals surface area contributed by atoms with E-state index in [1.807, 2.05) is 19.1 Å². The van der Waals surface area contributed by atoms with E-state index in [-0.39, 0.29) is 17.2 Å². The van der Waals surface area contributed by atoms with Crippen LogP contribution in [0.3, 0.4) is 0 Å². The van der Waals surface area contributed by atoms with Crippen molar-refractivity contribution in [2.45, 2.75) is 13.5 Å². The van der Waals surface area contributed by atoms with Crippen LogP contribution in [0.5, 0.6) is 5.75 Å². The number of hydrogen-bond donors (Lipinski definition) is 1. The largest absolute Gasteiger partial charge is 0.487 e. The second-order valence-corrected chi connectivity index (χ2v) is 10.9. The third kappa shape index (κ3) is 6.69. The van der Waals surface area contributed by atoms with Crippen molar-refractivity contribution < 1.29 is 24.0 Å². The summed E-state index contributed by atoms with van der Waals surface area (Å²) in [6.07, 6.45) is 1.57. The number of ether oxygens (including phenoxy) is 1. The summed E-state index contributed by atoms with van der Waals surface area (Å²) < 4.78 is 7.06. The number of amides is 3. The molecule has 3 aromatic carbocycles. The van der Waals surface area contributed by atoms with Gasteiger partial charge in [0.2, 0.25) is 5.91 Å². The SMILES string of the molecule is Cc1ccc(NC(=O)CN2C(=O)S/C(=C\c3cc(Br)c(OCc4ccc([N+](=O)[O-])cc4)c(Br)c3)C2=O)cc1. The van der Waals surface area contributed by atoms with Gasteiger partial charge in [0.1, 0.15) is 18.9 Å². The van der Waals surface area contributed by atoms with Gasteiger partial charge in [0.15, 0.2) is 0 Å². The highest BCUT2D eigenvalue weighted by Gasteiger charge is 2.36. The van der Waals surface area contributed by atoms with Crippen molar-refractivity contribution in [3.8, 4) is 5.75 Å². The summed E-state index contributed by atoms with van der Waals surface area (Å²) in [4.78, 5) is 49.2. The Labute approximate surface area is 238 Å². The first kappa shape index (κ1) is 27.6. The summed E-state index contributed by atoms with van der Waals surface area (Å²) >= 11 is 7.69. The first-order valence-electron chi connectivity index (χ1n) is 11.1. The van der Waals surface area contributed by atoms with Gasteiger partial charge in [0.05, 0.1) is 18.8 Å². The predicted octanol–water partition coefficient (Wildman–Crippen LogP) is 6.68. The molecule has 0 aliphatic carbocycles. The Morgan fingerprint density at radius 3 is 2.32 bits per heavy atom. The molecule has 0 bridgehead atoms. The van der Waals surface area contributed by atoms with Crippen LogP contribution in [0, 0.1) is 17.0 Å². The molecule has 1 fully saturated rings. The summed E-state index contributed by atoms with van der Waals surface area (Å²) in [7, 11) is 0. The molecule has 1 saturated heterocycles. The number of imide groups is 1. The number of anilines is 1. The van der Waals surface area contributed by atoms with Crippen LogP contribution in [-0.2, 0) is 16.2 Å². The highest BCUT2D eigenvalue weighted by atomic mass is 79.9. The highest BCUT2D eigenvalue weighted by Crippen LogP contribution is 2.38. The number of carbonyl (C=O) groups excluding carboxylic acids is 3. The maximum Gasteiger partial charge on any atom is 0.294 e. The Morgan fingerprint density at radius 2 is 1.71 bits per heavy atom. The van der Waals surface area contributed by atoms with Crippen molar-refractivity contribution in [3.05, 3.63) is 101 Å². The van der Waals surface area contributed by atoms with Crippen molar-refractivity contribution in [2.24, 2.45) is 0 Å². The van der Waals surface area contributed by atoms with Crippen molar-refractivity contribution in [3.63, 3.8) is 0 Å². The number of nitro groups is 1. The van der Waals surface area contributed by atoms with Gasteiger partial charge in [-0.25, -0.2) is 0 Å². The van der Waals surface area contributed by atoms with E-state index < -0.39 is 28.5 Å². The number of nitrogens with zero attached hydrogens (tertiary/aromatic N) is 2. The minimum absolute atomic E-state index is 0.00299. The van der Waals surface area contributed by atoms with Crippen LogP contribution in [0.2, 0.25) is 0 Å². The number of hydrogen-bond acceptors (Lipinski definition) is 7. The van der Waals surface area contributed by atoms with Gasteiger partial charge in [-0.05, 0) is 104 Å². The van der Waals surface area contributed by atoms with Crippen LogP contribution in [0.1, 0.15) is 16.7 Å². The first-order chi connectivity index (χ1) is 18.1. The Bertz CT molecular complexity index is 1440. The zero-order valence-electron chi connectivity index (χ0n) is 19.8. The van der Waals surface area contributed by atoms with Crippen molar-refractivity contribution in [1.29, 1.82) is 0 Å². The smallest absolute Gasteiger partial charge is 0.294 e. The van der Waals surface area contributed by atoms with Crippen LogP contribution >= 0.6 is 43.6 Å². The fourth-order valence-corrected chi connectivity index (χ4v) is 5.73. The molecule has 3 amide bonds. The van der Waals surface area contributed by atoms with Crippen molar-refractivity contribution >= 4 is 78.1 Å². The average Bonchev–Trinajstić information content (AvgIpc) is 3.12. The van der Waals surface area contributed by atoms with Crippen LogP contribution in [0.15, 0.2) is 74.5 Å². The maximum atomic E-state index is 12.9. The van der Waals surface area contributed by atoms with Gasteiger partial charge in [0.25, 0.3) is 16.8 Å². The third-order valence-electron chi connectivity index (χ3n) is 5.36. The molecule has 9 nitrogen and oxygen atoms in total. The van der Waals surface area contributed by atoms with E-state index in [1.54, 1.807) is 42.5 Å². The van der Waals surface area contributed by atoms with Gasteiger partial charge < -0.3 is 10.1 Å². The molecular formula is C26H19Br2N3O6S. The van der Waals surface area contributed by atoms with E-state index in [0.717, 1.165) is 27.8 Å². The number of thioether (sulfide) groups is 1. The summed E-state index contributed by atoms with van der Waals surface area (Å²) in [5.74, 6) is -0.524. The highest BCUT2D eigenvalue weighted by molar-refractivity contribution is 9.11. The van der Waals surface area contributed by atoms with E-state index in [2.05, 4.69) is 37.2 Å². The number of nitro benzene ring substituents is 1. The summed E-state index contributed by atoms with van der Waals surface area (Å²) in [6.45, 7) is 1.72. The van der Waals surface area contributed by atoms with E-state index in [0.29, 0.717) is 25.9 Å². The molecule has 0 aromatic heterocycles. The minimum atomic E-state index is -0.551. The number of benzene rings is 3. The fourth-order valence-electron chi connectivity index (χ4n) is 3.44. The molecule has 194 valence electrons. The van der Waals surface area contributed by atoms with Gasteiger partial charge in [-0.15, -0.1) is 0 Å². The van der Waals surface area contributed by atoms with E-state index in [1.165, 1.54) is 12.1 Å². The molecule has 0 atom stereocenters. The maximum absolute atomic E-state index is 12.9. The number of nitrogens with one attached hydrogen (secondary N) is 1. The van der Waals surface area contributed by atoms with E-state index in [4.69, 9.17) is 4.74 Å². The molecule has 1 aliphatic heterocycles. The van der Waals surface area contributed by atoms with Gasteiger partial charge in [-0.2, -0.15) is 0 Å². The van der Waals surface area contributed by atoms with Gasteiger partial charge in [-0.1, -0.05) is 17.7 Å². The standard InChI is InChI=1S/C26H19Br2N3O6S/c1-15-2-6-18(7-3-15)29-23(32)13-30-25(33)22(38-26(30)34)12-17-10-20(27)24(21(28)11-17)37-14-16-4-8-19(9-5-16)31(35)36/h2-12H,13-14H2,1H3,(H,29,32)/b22-12-. The van der Waals surface area contributed by atoms with Crippen molar-refractivity contribution in [1.82, 2.24) is 4.90 Å². The summed E-state index contributed by atoms with van der Waals surface area (Å²) in [5.41, 5.74) is 2.99. The normalized spacial score (nSPS) is 14.2. The molecule has 0 radical (unpaired) electrons. The Morgan fingerprint density at radius 1 is 1.08 bits per heavy atom. The Balaban J connectivity index is 1.42. The molecule has 38 heavy (non-hydrogen) atoms. The van der Waals surface area contributed by atoms with Crippen LogP contribution < -0.4 is 10.1 Å². The van der Waals surface area contributed by atoms with Crippen molar-refractivity contribution in [2.75, 3.05) is 11.9 Å². The second kappa shape index (κ2) is 11.9. The lowest BCUT2D eigenvalue weighted by atomic mass is 10.2. The number of carbonyl (C=O) groups is 3. The summed E-state index contributed by atoms with van der Waals surface area (Å²) in [5, 5.41) is 13.0. The first-order valence-corrected chi connectivity index (χ1v) is 13.5. The minimum Gasteiger partial charge on any atom is -0.487 e. The molecule has 12 heteroatoms.